The molecule has 0 saturated carbocycles. The summed E-state index contributed by atoms with van der Waals surface area (Å²) in [6.45, 7) is 1.33. The molecule has 1 N–H and O–H groups in total. The number of carbonyl (C=O) groups is 3. The minimum absolute atomic E-state index is 0.209. The van der Waals surface area contributed by atoms with Gasteiger partial charge in [-0.25, -0.2) is 4.79 Å². The number of nitrogens with one attached hydrogen (secondary N) is 1. The van der Waals surface area contributed by atoms with Gasteiger partial charge in [-0.3, -0.25) is 14.6 Å². The van der Waals surface area contributed by atoms with E-state index in [0.717, 1.165) is 5.69 Å². The van der Waals surface area contributed by atoms with Gasteiger partial charge in [0.2, 0.25) is 0 Å². The number of benzene rings is 2. The summed E-state index contributed by atoms with van der Waals surface area (Å²) < 4.78 is 5.01. The average Bonchev–Trinajstić information content (AvgIpc) is 2.73. The molecular formula is C22H18N2O4. The number of hydrogen-bond donors (Lipinski definition) is 1. The summed E-state index contributed by atoms with van der Waals surface area (Å²) in [5.41, 5.74) is 2.26. The fraction of sp³-hybridized carbons (Fsp3) is 0.0909. The Labute approximate surface area is 162 Å². The largest absolute Gasteiger partial charge is 0.452 e. The van der Waals surface area contributed by atoms with Gasteiger partial charge in [0, 0.05) is 23.0 Å². The van der Waals surface area contributed by atoms with Gasteiger partial charge >= 0.3 is 5.97 Å². The van der Waals surface area contributed by atoms with Crippen molar-refractivity contribution in [3.63, 3.8) is 0 Å². The molecule has 2 aromatic carbocycles. The fourth-order valence-electron chi connectivity index (χ4n) is 2.52. The third kappa shape index (κ3) is 4.67. The molecule has 0 aliphatic carbocycles. The van der Waals surface area contributed by atoms with Crippen molar-refractivity contribution in [2.75, 3.05) is 11.9 Å². The first-order valence-corrected chi connectivity index (χ1v) is 8.63. The summed E-state index contributed by atoms with van der Waals surface area (Å²) in [4.78, 5) is 40.9. The van der Waals surface area contributed by atoms with E-state index in [1.807, 2.05) is 6.07 Å². The van der Waals surface area contributed by atoms with Crippen molar-refractivity contribution >= 4 is 23.3 Å². The Morgan fingerprint density at radius 1 is 0.893 bits per heavy atom. The minimum Gasteiger partial charge on any atom is -0.452 e. The zero-order chi connectivity index (χ0) is 19.9. The maximum absolute atomic E-state index is 12.7. The summed E-state index contributed by atoms with van der Waals surface area (Å²) in [5, 5.41) is 2.62. The average molecular weight is 374 g/mol. The molecule has 0 aliphatic heterocycles. The molecule has 0 spiro atoms. The smallest absolute Gasteiger partial charge is 0.340 e. The Hall–Kier alpha value is -3.80. The molecule has 0 unspecified atom stereocenters. The topological polar surface area (TPSA) is 85.4 Å². The molecule has 6 heteroatoms. The van der Waals surface area contributed by atoms with Crippen molar-refractivity contribution in [1.29, 1.82) is 0 Å². The minimum atomic E-state index is -0.642. The molecule has 3 aromatic rings. The first kappa shape index (κ1) is 19.0. The molecule has 1 heterocycles. The number of pyridine rings is 1. The number of amides is 1. The monoisotopic (exact) mass is 374 g/mol. The van der Waals surface area contributed by atoms with E-state index in [0.29, 0.717) is 16.8 Å². The second kappa shape index (κ2) is 8.73. The van der Waals surface area contributed by atoms with E-state index in [4.69, 9.17) is 4.74 Å². The lowest BCUT2D eigenvalue weighted by atomic mass is 10.0. The molecule has 0 bridgehead atoms. The highest BCUT2D eigenvalue weighted by Gasteiger charge is 2.16. The van der Waals surface area contributed by atoms with Crippen LogP contribution in [-0.4, -0.2) is 29.3 Å². The van der Waals surface area contributed by atoms with Crippen LogP contribution in [0.1, 0.15) is 32.0 Å². The Balaban J connectivity index is 1.65. The predicted molar refractivity (Wildman–Crippen MR) is 104 cm³/mol. The van der Waals surface area contributed by atoms with Gasteiger partial charge in [-0.1, -0.05) is 42.5 Å². The van der Waals surface area contributed by atoms with E-state index < -0.39 is 18.5 Å². The number of ketones is 1. The number of rotatable bonds is 6. The lowest BCUT2D eigenvalue weighted by Crippen LogP contribution is -2.22. The number of nitrogens with zero attached hydrogens (tertiary/aromatic N) is 1. The van der Waals surface area contributed by atoms with Gasteiger partial charge in [-0.2, -0.15) is 0 Å². The van der Waals surface area contributed by atoms with Crippen molar-refractivity contribution in [2.45, 2.75) is 6.92 Å². The number of hydrogen-bond acceptors (Lipinski definition) is 5. The Morgan fingerprint density at radius 2 is 1.61 bits per heavy atom. The van der Waals surface area contributed by atoms with E-state index in [-0.39, 0.29) is 11.3 Å². The van der Waals surface area contributed by atoms with Crippen molar-refractivity contribution in [1.82, 2.24) is 4.98 Å². The molecule has 28 heavy (non-hydrogen) atoms. The van der Waals surface area contributed by atoms with Crippen LogP contribution in [0.15, 0.2) is 72.9 Å². The van der Waals surface area contributed by atoms with Crippen LogP contribution in [0, 0.1) is 6.92 Å². The molecule has 0 saturated heterocycles. The van der Waals surface area contributed by atoms with Crippen LogP contribution in [-0.2, 0) is 9.53 Å². The molecule has 1 aromatic heterocycles. The Bertz CT molecular complexity index is 999. The first-order chi connectivity index (χ1) is 13.5. The molecular weight excluding hydrogens is 356 g/mol. The predicted octanol–water partition coefficient (Wildman–Crippen LogP) is 3.42. The maximum atomic E-state index is 12.7. The highest BCUT2D eigenvalue weighted by atomic mass is 16.5. The highest BCUT2D eigenvalue weighted by molar-refractivity contribution is 6.13. The van der Waals surface area contributed by atoms with Crippen LogP contribution in [0.3, 0.4) is 0 Å². The van der Waals surface area contributed by atoms with E-state index in [9.17, 15) is 14.4 Å². The van der Waals surface area contributed by atoms with Crippen LogP contribution in [0.4, 0.5) is 5.69 Å². The van der Waals surface area contributed by atoms with E-state index in [1.54, 1.807) is 67.6 Å². The van der Waals surface area contributed by atoms with Crippen molar-refractivity contribution in [3.05, 3.63) is 95.3 Å². The fourth-order valence-corrected chi connectivity index (χ4v) is 2.52. The van der Waals surface area contributed by atoms with E-state index >= 15 is 0 Å². The molecule has 0 atom stereocenters. The molecule has 1 amide bonds. The molecule has 0 aliphatic rings. The van der Waals surface area contributed by atoms with Gasteiger partial charge in [0.1, 0.15) is 0 Å². The van der Waals surface area contributed by atoms with Crippen molar-refractivity contribution in [3.8, 4) is 0 Å². The van der Waals surface area contributed by atoms with Gasteiger partial charge in [0.05, 0.1) is 11.3 Å². The number of anilines is 1. The molecule has 3 rings (SSSR count). The van der Waals surface area contributed by atoms with Gasteiger partial charge in [-0.15, -0.1) is 0 Å². The summed E-state index contributed by atoms with van der Waals surface area (Å²) in [5.74, 6) is -1.39. The lowest BCUT2D eigenvalue weighted by Gasteiger charge is -2.11. The van der Waals surface area contributed by atoms with E-state index in [2.05, 4.69) is 10.3 Å². The van der Waals surface area contributed by atoms with Crippen LogP contribution >= 0.6 is 0 Å². The number of esters is 1. The Morgan fingerprint density at radius 3 is 2.32 bits per heavy atom. The zero-order valence-corrected chi connectivity index (χ0v) is 15.2. The van der Waals surface area contributed by atoms with E-state index in [1.165, 1.54) is 6.20 Å². The summed E-state index contributed by atoms with van der Waals surface area (Å²) >= 11 is 0. The standard InChI is InChI=1S/C22H18N2O4/c1-15-11-12-17(13-23-15)22(27)28-14-20(25)24-19-10-6-5-9-18(19)21(26)16-7-3-2-4-8-16/h2-13H,14H2,1H3,(H,24,25). The summed E-state index contributed by atoms with van der Waals surface area (Å²) in [6, 6.07) is 18.7. The second-order valence-corrected chi connectivity index (χ2v) is 6.05. The number of aromatic nitrogens is 1. The molecule has 140 valence electrons. The number of aryl methyl sites for hydroxylation is 1. The normalized spacial score (nSPS) is 10.2. The van der Waals surface area contributed by atoms with Crippen LogP contribution in [0.25, 0.3) is 0 Å². The molecule has 0 fully saturated rings. The van der Waals surface area contributed by atoms with Gasteiger partial charge < -0.3 is 10.1 Å². The van der Waals surface area contributed by atoms with Crippen molar-refractivity contribution < 1.29 is 19.1 Å². The van der Waals surface area contributed by atoms with Gasteiger partial charge in [0.25, 0.3) is 5.91 Å². The van der Waals surface area contributed by atoms with Crippen molar-refractivity contribution in [2.24, 2.45) is 0 Å². The second-order valence-electron chi connectivity index (χ2n) is 6.05. The number of para-hydroxylation sites is 1. The third-order valence-corrected chi connectivity index (χ3v) is 3.96. The van der Waals surface area contributed by atoms with Gasteiger partial charge in [-0.05, 0) is 31.2 Å². The maximum Gasteiger partial charge on any atom is 0.340 e. The highest BCUT2D eigenvalue weighted by Crippen LogP contribution is 2.19. The quantitative estimate of drug-likeness (QED) is 0.528. The number of ether oxygens (including phenoxy) is 1. The molecule has 0 radical (unpaired) electrons. The summed E-state index contributed by atoms with van der Waals surface area (Å²) in [7, 11) is 0. The number of carbonyl (C=O) groups excluding carboxylic acids is 3. The Kier molecular flexibility index (Phi) is 5.91. The third-order valence-electron chi connectivity index (χ3n) is 3.96. The lowest BCUT2D eigenvalue weighted by molar-refractivity contribution is -0.119. The summed E-state index contributed by atoms with van der Waals surface area (Å²) in [6.07, 6.45) is 1.39. The first-order valence-electron chi connectivity index (χ1n) is 8.63. The van der Waals surface area contributed by atoms with Crippen LogP contribution in [0.2, 0.25) is 0 Å². The molecule has 6 nitrogen and oxygen atoms in total. The van der Waals surface area contributed by atoms with Crippen LogP contribution < -0.4 is 5.32 Å². The zero-order valence-electron chi connectivity index (χ0n) is 15.2. The van der Waals surface area contributed by atoms with Gasteiger partial charge in [0.15, 0.2) is 12.4 Å². The SMILES string of the molecule is Cc1ccc(C(=O)OCC(=O)Nc2ccccc2C(=O)c2ccccc2)cn1. The van der Waals surface area contributed by atoms with Crippen LogP contribution in [0.5, 0.6) is 0 Å².